The minimum atomic E-state index is -0.546. The second kappa shape index (κ2) is 9.01. The number of aliphatic hydroxyl groups excluding tert-OH is 1. The first kappa shape index (κ1) is 18.7. The third-order valence-electron chi connectivity index (χ3n) is 4.52. The molecule has 1 aromatic rings. The molecule has 1 amide bonds. The maximum Gasteiger partial charge on any atom is 0.227 e. The molecule has 3 atom stereocenters. The first-order valence-electron chi connectivity index (χ1n) is 8.60. The topological polar surface area (TPSA) is 79.0 Å². The summed E-state index contributed by atoms with van der Waals surface area (Å²) >= 11 is 0. The van der Waals surface area contributed by atoms with Crippen molar-refractivity contribution in [1.29, 1.82) is 0 Å². The zero-order valence-electron chi connectivity index (χ0n) is 14.6. The lowest BCUT2D eigenvalue weighted by atomic mass is 10.0. The second-order valence-corrected chi connectivity index (χ2v) is 6.55. The fraction of sp³-hybridized carbons (Fsp3) is 0.611. The molecule has 1 fully saturated rings. The monoisotopic (exact) mass is 335 g/mol. The first-order valence-corrected chi connectivity index (χ1v) is 8.60. The van der Waals surface area contributed by atoms with Crippen LogP contribution in [-0.2, 0) is 4.79 Å². The van der Waals surface area contributed by atoms with Crippen molar-refractivity contribution in [2.24, 2.45) is 11.7 Å². The zero-order chi connectivity index (χ0) is 17.5. The number of β-amino-alcohol motifs (C(OH)–C–C–N with tert-alkyl or cyclic N) is 1. The van der Waals surface area contributed by atoms with Gasteiger partial charge in [-0.15, -0.1) is 0 Å². The first-order chi connectivity index (χ1) is 11.5. The molecule has 0 radical (unpaired) electrons. The average molecular weight is 335 g/mol. The number of hydrogen-bond donors (Lipinski definition) is 2. The van der Waals surface area contributed by atoms with E-state index in [1.54, 1.807) is 0 Å². The number of aliphatic hydroxyl groups is 1. The largest absolute Gasteiger partial charge is 0.491 e. The Morgan fingerprint density at radius 2 is 1.83 bits per heavy atom. The highest BCUT2D eigenvalue weighted by atomic mass is 16.5. The van der Waals surface area contributed by atoms with Gasteiger partial charge >= 0.3 is 0 Å². The van der Waals surface area contributed by atoms with Gasteiger partial charge in [-0.1, -0.05) is 25.1 Å². The summed E-state index contributed by atoms with van der Waals surface area (Å²) in [6.07, 6.45) is -0.546. The summed E-state index contributed by atoms with van der Waals surface area (Å²) in [5, 5.41) is 10.1. The minimum Gasteiger partial charge on any atom is -0.491 e. The molecular weight excluding hydrogens is 306 g/mol. The SMILES string of the molecule is CC(N)C(C)C(=O)N1CCN(CC(O)COc2ccccc2)CC1. The van der Waals surface area contributed by atoms with E-state index in [9.17, 15) is 9.90 Å². The number of amides is 1. The van der Waals surface area contributed by atoms with Crippen LogP contribution in [0.1, 0.15) is 13.8 Å². The van der Waals surface area contributed by atoms with E-state index in [2.05, 4.69) is 4.90 Å². The molecule has 0 aliphatic carbocycles. The number of para-hydroxylation sites is 1. The van der Waals surface area contributed by atoms with Gasteiger partial charge in [-0.3, -0.25) is 9.69 Å². The number of carbonyl (C=O) groups is 1. The van der Waals surface area contributed by atoms with Crippen LogP contribution < -0.4 is 10.5 Å². The van der Waals surface area contributed by atoms with Crippen LogP contribution in [0.25, 0.3) is 0 Å². The summed E-state index contributed by atoms with van der Waals surface area (Å²) in [5.74, 6) is 0.732. The number of piperazine rings is 1. The van der Waals surface area contributed by atoms with Crippen molar-refractivity contribution in [3.05, 3.63) is 30.3 Å². The molecule has 3 N–H and O–H groups in total. The van der Waals surface area contributed by atoms with E-state index < -0.39 is 6.10 Å². The number of ether oxygens (including phenoxy) is 1. The Labute approximate surface area is 144 Å². The average Bonchev–Trinajstić information content (AvgIpc) is 2.60. The fourth-order valence-corrected chi connectivity index (χ4v) is 2.72. The second-order valence-electron chi connectivity index (χ2n) is 6.55. The Hall–Kier alpha value is -1.63. The van der Waals surface area contributed by atoms with Crippen molar-refractivity contribution >= 4 is 5.91 Å². The van der Waals surface area contributed by atoms with Gasteiger partial charge in [0.05, 0.1) is 5.92 Å². The standard InChI is InChI=1S/C18H29N3O3/c1-14(15(2)19)18(23)21-10-8-20(9-11-21)12-16(22)13-24-17-6-4-3-5-7-17/h3-7,14-16,22H,8-13,19H2,1-2H3. The number of nitrogens with zero attached hydrogens (tertiary/aromatic N) is 2. The van der Waals surface area contributed by atoms with Crippen LogP contribution in [0.4, 0.5) is 0 Å². The highest BCUT2D eigenvalue weighted by Gasteiger charge is 2.27. The summed E-state index contributed by atoms with van der Waals surface area (Å²) in [4.78, 5) is 16.3. The number of hydrogen-bond acceptors (Lipinski definition) is 5. The Bertz CT molecular complexity index is 501. The summed E-state index contributed by atoms with van der Waals surface area (Å²) in [7, 11) is 0. The smallest absolute Gasteiger partial charge is 0.227 e. The molecular formula is C18H29N3O3. The molecule has 134 valence electrons. The van der Waals surface area contributed by atoms with Gasteiger partial charge in [0.1, 0.15) is 18.5 Å². The molecule has 3 unspecified atom stereocenters. The molecule has 0 saturated carbocycles. The Balaban J connectivity index is 1.69. The van der Waals surface area contributed by atoms with E-state index in [0.29, 0.717) is 19.6 Å². The van der Waals surface area contributed by atoms with E-state index in [4.69, 9.17) is 10.5 Å². The summed E-state index contributed by atoms with van der Waals surface area (Å²) in [6, 6.07) is 9.35. The molecule has 24 heavy (non-hydrogen) atoms. The van der Waals surface area contributed by atoms with Gasteiger partial charge in [0, 0.05) is 38.8 Å². The normalized spacial score (nSPS) is 19.6. The molecule has 6 nitrogen and oxygen atoms in total. The van der Waals surface area contributed by atoms with Gasteiger partial charge in [-0.2, -0.15) is 0 Å². The lowest BCUT2D eigenvalue weighted by Crippen LogP contribution is -2.53. The van der Waals surface area contributed by atoms with E-state index in [0.717, 1.165) is 18.8 Å². The van der Waals surface area contributed by atoms with Crippen LogP contribution in [0, 0.1) is 5.92 Å². The molecule has 1 aliphatic heterocycles. The Kier molecular flexibility index (Phi) is 7.02. The minimum absolute atomic E-state index is 0.123. The van der Waals surface area contributed by atoms with Gasteiger partial charge in [0.25, 0.3) is 0 Å². The molecule has 0 aromatic heterocycles. The lowest BCUT2D eigenvalue weighted by molar-refractivity contribution is -0.137. The fourth-order valence-electron chi connectivity index (χ4n) is 2.72. The van der Waals surface area contributed by atoms with Crippen molar-refractivity contribution in [2.45, 2.75) is 26.0 Å². The number of carbonyl (C=O) groups excluding carboxylic acids is 1. The van der Waals surface area contributed by atoms with Crippen molar-refractivity contribution < 1.29 is 14.6 Å². The molecule has 2 rings (SSSR count). The quantitative estimate of drug-likeness (QED) is 0.761. The lowest BCUT2D eigenvalue weighted by Gasteiger charge is -2.37. The van der Waals surface area contributed by atoms with Gasteiger partial charge in [0.15, 0.2) is 0 Å². The molecule has 1 aromatic carbocycles. The van der Waals surface area contributed by atoms with Crippen molar-refractivity contribution in [3.63, 3.8) is 0 Å². The zero-order valence-corrected chi connectivity index (χ0v) is 14.6. The molecule has 0 spiro atoms. The van der Waals surface area contributed by atoms with Crippen molar-refractivity contribution in [1.82, 2.24) is 9.80 Å². The molecule has 1 aliphatic rings. The van der Waals surface area contributed by atoms with Crippen LogP contribution >= 0.6 is 0 Å². The predicted molar refractivity (Wildman–Crippen MR) is 93.8 cm³/mol. The van der Waals surface area contributed by atoms with Crippen LogP contribution in [-0.4, -0.2) is 72.3 Å². The highest BCUT2D eigenvalue weighted by molar-refractivity contribution is 5.79. The van der Waals surface area contributed by atoms with E-state index in [1.165, 1.54) is 0 Å². The van der Waals surface area contributed by atoms with Crippen LogP contribution in [0.5, 0.6) is 5.75 Å². The summed E-state index contributed by atoms with van der Waals surface area (Å²) in [5.41, 5.74) is 5.81. The van der Waals surface area contributed by atoms with Crippen molar-refractivity contribution in [2.75, 3.05) is 39.3 Å². The third-order valence-corrected chi connectivity index (χ3v) is 4.52. The van der Waals surface area contributed by atoms with E-state index in [-0.39, 0.29) is 24.5 Å². The van der Waals surface area contributed by atoms with E-state index in [1.807, 2.05) is 49.1 Å². The maximum absolute atomic E-state index is 12.3. The number of benzene rings is 1. The van der Waals surface area contributed by atoms with Crippen LogP contribution in [0.3, 0.4) is 0 Å². The molecule has 1 saturated heterocycles. The third kappa shape index (κ3) is 5.47. The van der Waals surface area contributed by atoms with Crippen molar-refractivity contribution in [3.8, 4) is 5.75 Å². The maximum atomic E-state index is 12.3. The molecule has 6 heteroatoms. The predicted octanol–water partition coefficient (Wildman–Crippen LogP) is 0.554. The summed E-state index contributed by atoms with van der Waals surface area (Å²) in [6.45, 7) is 7.46. The van der Waals surface area contributed by atoms with Gasteiger partial charge < -0.3 is 20.5 Å². The number of rotatable bonds is 7. The van der Waals surface area contributed by atoms with Gasteiger partial charge in [-0.05, 0) is 19.1 Å². The Morgan fingerprint density at radius 3 is 2.42 bits per heavy atom. The highest BCUT2D eigenvalue weighted by Crippen LogP contribution is 2.11. The number of nitrogens with two attached hydrogens (primary N) is 1. The van der Waals surface area contributed by atoms with Crippen LogP contribution in [0.2, 0.25) is 0 Å². The van der Waals surface area contributed by atoms with Gasteiger partial charge in [0.2, 0.25) is 5.91 Å². The molecule has 1 heterocycles. The van der Waals surface area contributed by atoms with Crippen LogP contribution in [0.15, 0.2) is 30.3 Å². The van der Waals surface area contributed by atoms with E-state index >= 15 is 0 Å². The summed E-state index contributed by atoms with van der Waals surface area (Å²) < 4.78 is 5.57. The Morgan fingerprint density at radius 1 is 1.21 bits per heavy atom. The van der Waals surface area contributed by atoms with Gasteiger partial charge in [-0.25, -0.2) is 0 Å². The molecule has 0 bridgehead atoms.